The molecule has 1 aromatic carbocycles. The van der Waals surface area contributed by atoms with Crippen LogP contribution in [0.5, 0.6) is 0 Å². The number of rotatable bonds is 4. The Bertz CT molecular complexity index is 322. The van der Waals surface area contributed by atoms with Crippen molar-refractivity contribution in [1.82, 2.24) is 0 Å². The zero-order valence-corrected chi connectivity index (χ0v) is 7.36. The van der Waals surface area contributed by atoms with E-state index in [2.05, 4.69) is 0 Å². The van der Waals surface area contributed by atoms with E-state index in [-0.39, 0.29) is 12.8 Å². The Morgan fingerprint density at radius 2 is 1.29 bits per heavy atom. The summed E-state index contributed by atoms with van der Waals surface area (Å²) < 4.78 is 0. The van der Waals surface area contributed by atoms with Crippen LogP contribution >= 0.6 is 0 Å². The first-order chi connectivity index (χ1) is 6.59. The van der Waals surface area contributed by atoms with E-state index in [9.17, 15) is 19.8 Å². The highest BCUT2D eigenvalue weighted by molar-refractivity contribution is 5.72. The molecule has 0 saturated carbocycles. The molecule has 0 bridgehead atoms. The molecule has 0 radical (unpaired) electrons. The fourth-order valence-corrected chi connectivity index (χ4v) is 1.21. The molecule has 0 aliphatic heterocycles. The van der Waals surface area contributed by atoms with Gasteiger partial charge < -0.3 is 19.8 Å². The lowest BCUT2D eigenvalue weighted by Gasteiger charge is -2.10. The number of aliphatic carboxylic acids is 2. The second-order valence-electron chi connectivity index (χ2n) is 2.87. The molecule has 1 rings (SSSR count). The van der Waals surface area contributed by atoms with Crippen LogP contribution in [0, 0.1) is 0 Å². The quantitative estimate of drug-likeness (QED) is 0.567. The summed E-state index contributed by atoms with van der Waals surface area (Å²) in [4.78, 5) is 20.7. The average molecular weight is 192 g/mol. The van der Waals surface area contributed by atoms with Crippen LogP contribution < -0.4 is 10.2 Å². The van der Waals surface area contributed by atoms with E-state index in [1.54, 1.807) is 24.3 Å². The molecular weight excluding hydrogens is 184 g/mol. The summed E-state index contributed by atoms with van der Waals surface area (Å²) in [6.45, 7) is 0. The van der Waals surface area contributed by atoms with Crippen LogP contribution in [-0.4, -0.2) is 11.9 Å². The fourth-order valence-electron chi connectivity index (χ4n) is 1.21. The standard InChI is InChI=1S/C10H10O4/c11-9(12)5-7-3-1-2-4-8(7)6-10(13)14/h1-4H,5-6H2,(H,11,12)(H,13,14)/p-2. The first kappa shape index (κ1) is 10.2. The predicted octanol–water partition coefficient (Wildman–Crippen LogP) is -1.73. The molecule has 0 aliphatic carbocycles. The third-order valence-electron chi connectivity index (χ3n) is 1.79. The van der Waals surface area contributed by atoms with Crippen molar-refractivity contribution in [1.29, 1.82) is 0 Å². The monoisotopic (exact) mass is 192 g/mol. The Labute approximate surface area is 80.8 Å². The minimum absolute atomic E-state index is 0.274. The van der Waals surface area contributed by atoms with Crippen molar-refractivity contribution in [2.24, 2.45) is 0 Å². The number of carboxylic acid groups (broad SMARTS) is 2. The van der Waals surface area contributed by atoms with Gasteiger partial charge in [0, 0.05) is 24.8 Å². The van der Waals surface area contributed by atoms with Gasteiger partial charge in [0.1, 0.15) is 0 Å². The number of hydrogen-bond donors (Lipinski definition) is 0. The Hall–Kier alpha value is -1.84. The Morgan fingerprint density at radius 1 is 0.929 bits per heavy atom. The topological polar surface area (TPSA) is 80.3 Å². The Morgan fingerprint density at radius 3 is 1.57 bits per heavy atom. The molecule has 4 nitrogen and oxygen atoms in total. The van der Waals surface area contributed by atoms with Crippen molar-refractivity contribution in [2.75, 3.05) is 0 Å². The van der Waals surface area contributed by atoms with Crippen LogP contribution in [0.1, 0.15) is 11.1 Å². The van der Waals surface area contributed by atoms with Crippen molar-refractivity contribution in [3.8, 4) is 0 Å². The van der Waals surface area contributed by atoms with Gasteiger partial charge in [-0.15, -0.1) is 0 Å². The second kappa shape index (κ2) is 4.41. The summed E-state index contributed by atoms with van der Waals surface area (Å²) in [6.07, 6.45) is -0.549. The second-order valence-corrected chi connectivity index (χ2v) is 2.87. The van der Waals surface area contributed by atoms with Gasteiger partial charge in [0.25, 0.3) is 0 Å². The van der Waals surface area contributed by atoms with Gasteiger partial charge in [0.15, 0.2) is 0 Å². The van der Waals surface area contributed by atoms with Crippen molar-refractivity contribution in [3.63, 3.8) is 0 Å². The van der Waals surface area contributed by atoms with E-state index in [1.807, 2.05) is 0 Å². The van der Waals surface area contributed by atoms with Crippen LogP contribution in [0.4, 0.5) is 0 Å². The molecule has 74 valence electrons. The van der Waals surface area contributed by atoms with E-state index in [1.165, 1.54) is 0 Å². The van der Waals surface area contributed by atoms with Crippen LogP contribution in [0.25, 0.3) is 0 Å². The average Bonchev–Trinajstić information content (AvgIpc) is 2.06. The highest BCUT2D eigenvalue weighted by atomic mass is 16.4. The maximum atomic E-state index is 10.3. The molecule has 1 aromatic rings. The summed E-state index contributed by atoms with van der Waals surface area (Å²) in [5.41, 5.74) is 0.911. The summed E-state index contributed by atoms with van der Waals surface area (Å²) >= 11 is 0. The molecule has 0 spiro atoms. The third kappa shape index (κ3) is 2.90. The van der Waals surface area contributed by atoms with E-state index < -0.39 is 11.9 Å². The van der Waals surface area contributed by atoms with Crippen LogP contribution in [0.2, 0.25) is 0 Å². The highest BCUT2D eigenvalue weighted by Crippen LogP contribution is 2.09. The van der Waals surface area contributed by atoms with E-state index in [0.717, 1.165) is 0 Å². The number of benzene rings is 1. The zero-order valence-electron chi connectivity index (χ0n) is 7.36. The lowest BCUT2D eigenvalue weighted by Crippen LogP contribution is -2.27. The van der Waals surface area contributed by atoms with Crippen LogP contribution in [-0.2, 0) is 22.4 Å². The van der Waals surface area contributed by atoms with Crippen molar-refractivity contribution in [2.45, 2.75) is 12.8 Å². The lowest BCUT2D eigenvalue weighted by molar-refractivity contribution is -0.306. The highest BCUT2D eigenvalue weighted by Gasteiger charge is 2.01. The van der Waals surface area contributed by atoms with Gasteiger partial charge in [-0.2, -0.15) is 0 Å². The van der Waals surface area contributed by atoms with Gasteiger partial charge in [0.2, 0.25) is 0 Å². The van der Waals surface area contributed by atoms with E-state index in [4.69, 9.17) is 0 Å². The van der Waals surface area contributed by atoms with Gasteiger partial charge in [-0.3, -0.25) is 0 Å². The molecule has 0 aliphatic rings. The predicted molar refractivity (Wildman–Crippen MR) is 43.9 cm³/mol. The third-order valence-corrected chi connectivity index (χ3v) is 1.79. The molecule has 0 N–H and O–H groups in total. The van der Waals surface area contributed by atoms with E-state index >= 15 is 0 Å². The molecule has 14 heavy (non-hydrogen) atoms. The van der Waals surface area contributed by atoms with Gasteiger partial charge >= 0.3 is 0 Å². The molecule has 0 heterocycles. The maximum Gasteiger partial charge on any atom is 0.0458 e. The van der Waals surface area contributed by atoms with Gasteiger partial charge in [-0.05, 0) is 11.1 Å². The fraction of sp³-hybridized carbons (Fsp3) is 0.200. The summed E-state index contributed by atoms with van der Waals surface area (Å²) in [5, 5.41) is 20.7. The van der Waals surface area contributed by atoms with Crippen LogP contribution in [0.3, 0.4) is 0 Å². The SMILES string of the molecule is O=C([O-])Cc1ccccc1CC(=O)[O-]. The molecule has 0 amide bonds. The van der Waals surface area contributed by atoms with Gasteiger partial charge in [-0.1, -0.05) is 24.3 Å². The number of carbonyl (C=O) groups excluding carboxylic acids is 2. The Kier molecular flexibility index (Phi) is 3.23. The maximum absolute atomic E-state index is 10.3. The molecule has 0 atom stereocenters. The lowest BCUT2D eigenvalue weighted by atomic mass is 10.0. The normalized spacial score (nSPS) is 9.71. The molecule has 0 aromatic heterocycles. The summed E-state index contributed by atoms with van der Waals surface area (Å²) in [7, 11) is 0. The zero-order chi connectivity index (χ0) is 10.6. The summed E-state index contributed by atoms with van der Waals surface area (Å²) in [6, 6.07) is 6.43. The van der Waals surface area contributed by atoms with E-state index in [0.29, 0.717) is 11.1 Å². The van der Waals surface area contributed by atoms with Crippen molar-refractivity contribution >= 4 is 11.9 Å². The molecule has 0 saturated heterocycles. The minimum Gasteiger partial charge on any atom is -0.550 e. The smallest absolute Gasteiger partial charge is 0.0458 e. The largest absolute Gasteiger partial charge is 0.550 e. The van der Waals surface area contributed by atoms with Gasteiger partial charge in [-0.25, -0.2) is 0 Å². The molecular formula is C10H8O4-2. The Balaban J connectivity index is 2.90. The number of carboxylic acids is 2. The first-order valence-corrected chi connectivity index (χ1v) is 4.06. The van der Waals surface area contributed by atoms with Crippen LogP contribution in [0.15, 0.2) is 24.3 Å². The first-order valence-electron chi connectivity index (χ1n) is 4.06. The number of carbonyl (C=O) groups is 2. The minimum atomic E-state index is -1.23. The van der Waals surface area contributed by atoms with Gasteiger partial charge in [0.05, 0.1) is 0 Å². The summed E-state index contributed by atoms with van der Waals surface area (Å²) in [5.74, 6) is -2.45. The van der Waals surface area contributed by atoms with Crippen molar-refractivity contribution in [3.05, 3.63) is 35.4 Å². The molecule has 4 heteroatoms. The molecule has 0 unspecified atom stereocenters. The number of hydrogen-bond acceptors (Lipinski definition) is 4. The van der Waals surface area contributed by atoms with Crippen molar-refractivity contribution < 1.29 is 19.8 Å². The molecule has 0 fully saturated rings.